The van der Waals surface area contributed by atoms with Gasteiger partial charge in [0.15, 0.2) is 6.61 Å². The van der Waals surface area contributed by atoms with Gasteiger partial charge in [-0.1, -0.05) is 12.5 Å². The maximum absolute atomic E-state index is 12.4. The Hall–Kier alpha value is -2.24. The fourth-order valence-corrected chi connectivity index (χ4v) is 3.80. The monoisotopic (exact) mass is 319 g/mol. The summed E-state index contributed by atoms with van der Waals surface area (Å²) in [6, 6.07) is 6.29. The fraction of sp³-hybridized carbons (Fsp3) is 0.529. The normalized spacial score (nSPS) is 26.0. The first-order valence-electron chi connectivity index (χ1n) is 7.89. The van der Waals surface area contributed by atoms with Crippen LogP contribution in [-0.2, 0) is 9.59 Å². The number of hydrogen-bond donors (Lipinski definition) is 1. The number of hydrogen-bond acceptors (Lipinski definition) is 4. The summed E-state index contributed by atoms with van der Waals surface area (Å²) in [5.74, 6) is 0.409. The number of benzene rings is 1. The Balaban J connectivity index is 1.64. The van der Waals surface area contributed by atoms with Gasteiger partial charge < -0.3 is 19.5 Å². The zero-order valence-corrected chi connectivity index (χ0v) is 13.1. The van der Waals surface area contributed by atoms with Crippen LogP contribution in [0, 0.1) is 11.8 Å². The summed E-state index contributed by atoms with van der Waals surface area (Å²) in [6.45, 7) is 0.373. The molecule has 3 atom stereocenters. The van der Waals surface area contributed by atoms with E-state index in [1.165, 1.54) is 4.90 Å². The van der Waals surface area contributed by atoms with Gasteiger partial charge in [-0.3, -0.25) is 4.79 Å². The number of aliphatic carboxylic acids is 1. The Kier molecular flexibility index (Phi) is 4.41. The van der Waals surface area contributed by atoms with Crippen LogP contribution in [0.1, 0.15) is 19.3 Å². The summed E-state index contributed by atoms with van der Waals surface area (Å²) >= 11 is 0. The molecular formula is C17H21NO5. The minimum atomic E-state index is -0.908. The number of carboxylic acids is 1. The average Bonchev–Trinajstić information content (AvgIpc) is 3.13. The predicted octanol–water partition coefficient (Wildman–Crippen LogP) is 1.79. The fourth-order valence-electron chi connectivity index (χ4n) is 3.80. The molecule has 0 bridgehead atoms. The maximum atomic E-state index is 12.4. The summed E-state index contributed by atoms with van der Waals surface area (Å²) < 4.78 is 10.6. The van der Waals surface area contributed by atoms with Gasteiger partial charge in [0.25, 0.3) is 5.91 Å². The molecule has 1 amide bonds. The van der Waals surface area contributed by atoms with Crippen molar-refractivity contribution < 1.29 is 24.2 Å². The first kappa shape index (κ1) is 15.6. The highest BCUT2D eigenvalue weighted by atomic mass is 16.5. The van der Waals surface area contributed by atoms with Crippen LogP contribution in [-0.4, -0.2) is 48.2 Å². The molecule has 2 fully saturated rings. The molecule has 1 saturated carbocycles. The third-order valence-electron chi connectivity index (χ3n) is 4.87. The summed E-state index contributed by atoms with van der Waals surface area (Å²) in [7, 11) is 1.56. The Morgan fingerprint density at radius 2 is 2.09 bits per heavy atom. The highest BCUT2D eigenvalue weighted by Crippen LogP contribution is 2.42. The van der Waals surface area contributed by atoms with Crippen LogP contribution >= 0.6 is 0 Å². The predicted molar refractivity (Wildman–Crippen MR) is 82.5 cm³/mol. The number of rotatable bonds is 5. The second kappa shape index (κ2) is 6.48. The molecule has 1 heterocycles. The average molecular weight is 319 g/mol. The minimum absolute atomic E-state index is 0.0910. The molecule has 1 aliphatic carbocycles. The van der Waals surface area contributed by atoms with Gasteiger partial charge in [-0.05, 0) is 36.8 Å². The molecule has 0 radical (unpaired) electrons. The van der Waals surface area contributed by atoms with Gasteiger partial charge in [-0.15, -0.1) is 0 Å². The van der Waals surface area contributed by atoms with E-state index in [-0.39, 0.29) is 18.4 Å². The third kappa shape index (κ3) is 3.11. The molecule has 1 aromatic carbocycles. The number of carbonyl (C=O) groups excluding carboxylic acids is 1. The molecule has 3 rings (SSSR count). The lowest BCUT2D eigenvalue weighted by Gasteiger charge is -2.24. The zero-order valence-electron chi connectivity index (χ0n) is 13.1. The zero-order chi connectivity index (χ0) is 16.4. The van der Waals surface area contributed by atoms with Gasteiger partial charge in [-0.2, -0.15) is 0 Å². The van der Waals surface area contributed by atoms with Crippen LogP contribution < -0.4 is 9.47 Å². The topological polar surface area (TPSA) is 76.1 Å². The molecule has 2 aliphatic rings. The summed E-state index contributed by atoms with van der Waals surface area (Å²) in [5, 5.41) is 9.48. The maximum Gasteiger partial charge on any atom is 0.326 e. The van der Waals surface area contributed by atoms with Crippen molar-refractivity contribution in [2.45, 2.75) is 25.3 Å². The Bertz CT molecular complexity index is 602. The second-order valence-electron chi connectivity index (χ2n) is 6.15. The molecule has 23 heavy (non-hydrogen) atoms. The first-order valence-corrected chi connectivity index (χ1v) is 7.89. The van der Waals surface area contributed by atoms with Gasteiger partial charge in [0, 0.05) is 12.6 Å². The number of ether oxygens (including phenoxy) is 2. The van der Waals surface area contributed by atoms with Crippen molar-refractivity contribution in [3.05, 3.63) is 24.3 Å². The number of likely N-dealkylation sites (tertiary alicyclic amines) is 1. The molecular weight excluding hydrogens is 298 g/mol. The number of fused-ring (bicyclic) bond motifs is 1. The van der Waals surface area contributed by atoms with E-state index >= 15 is 0 Å². The van der Waals surface area contributed by atoms with E-state index in [0.717, 1.165) is 19.3 Å². The van der Waals surface area contributed by atoms with Crippen molar-refractivity contribution in [1.82, 2.24) is 4.90 Å². The van der Waals surface area contributed by atoms with Crippen LogP contribution in [0.15, 0.2) is 24.3 Å². The van der Waals surface area contributed by atoms with Gasteiger partial charge in [0.05, 0.1) is 7.11 Å². The molecule has 1 N–H and O–H groups in total. The number of nitrogens with zero attached hydrogens (tertiary/aromatic N) is 1. The van der Waals surface area contributed by atoms with Gasteiger partial charge in [0.2, 0.25) is 0 Å². The van der Waals surface area contributed by atoms with E-state index in [2.05, 4.69) is 0 Å². The van der Waals surface area contributed by atoms with Crippen LogP contribution in [0.4, 0.5) is 0 Å². The summed E-state index contributed by atoms with van der Waals surface area (Å²) in [4.78, 5) is 25.5. The molecule has 1 aliphatic heterocycles. The highest BCUT2D eigenvalue weighted by Gasteiger charge is 2.49. The van der Waals surface area contributed by atoms with Gasteiger partial charge >= 0.3 is 5.97 Å². The largest absolute Gasteiger partial charge is 0.497 e. The first-order chi connectivity index (χ1) is 11.1. The number of amides is 1. The number of methoxy groups -OCH3 is 1. The van der Waals surface area contributed by atoms with Crippen LogP contribution in [0.2, 0.25) is 0 Å². The molecule has 0 spiro atoms. The van der Waals surface area contributed by atoms with Crippen molar-refractivity contribution in [3.63, 3.8) is 0 Å². The quantitative estimate of drug-likeness (QED) is 0.895. The lowest BCUT2D eigenvalue weighted by atomic mass is 9.94. The molecule has 6 heteroatoms. The lowest BCUT2D eigenvalue weighted by molar-refractivity contribution is -0.150. The Morgan fingerprint density at radius 3 is 2.83 bits per heavy atom. The van der Waals surface area contributed by atoms with Crippen molar-refractivity contribution in [3.8, 4) is 11.5 Å². The Labute approximate surface area is 135 Å². The number of carboxylic acid groups (broad SMARTS) is 1. The van der Waals surface area contributed by atoms with Crippen molar-refractivity contribution in [1.29, 1.82) is 0 Å². The van der Waals surface area contributed by atoms with E-state index in [9.17, 15) is 14.7 Å². The van der Waals surface area contributed by atoms with Crippen molar-refractivity contribution >= 4 is 11.9 Å². The highest BCUT2D eigenvalue weighted by molar-refractivity contribution is 5.85. The molecule has 0 aromatic heterocycles. The summed E-state index contributed by atoms with van der Waals surface area (Å²) in [5.41, 5.74) is 0. The van der Waals surface area contributed by atoms with E-state index in [1.54, 1.807) is 31.4 Å². The van der Waals surface area contributed by atoms with Crippen LogP contribution in [0.5, 0.6) is 11.5 Å². The Morgan fingerprint density at radius 1 is 1.30 bits per heavy atom. The third-order valence-corrected chi connectivity index (χ3v) is 4.87. The van der Waals surface area contributed by atoms with Gasteiger partial charge in [-0.25, -0.2) is 4.79 Å². The number of carbonyl (C=O) groups is 2. The van der Waals surface area contributed by atoms with Crippen molar-refractivity contribution in [2.75, 3.05) is 20.3 Å². The molecule has 124 valence electrons. The molecule has 6 nitrogen and oxygen atoms in total. The molecule has 0 unspecified atom stereocenters. The van der Waals surface area contributed by atoms with E-state index in [0.29, 0.717) is 24.0 Å². The van der Waals surface area contributed by atoms with Crippen LogP contribution in [0.25, 0.3) is 0 Å². The smallest absolute Gasteiger partial charge is 0.326 e. The molecule has 1 saturated heterocycles. The molecule has 1 aromatic rings. The van der Waals surface area contributed by atoms with Gasteiger partial charge in [0.1, 0.15) is 17.5 Å². The lowest BCUT2D eigenvalue weighted by Crippen LogP contribution is -2.45. The minimum Gasteiger partial charge on any atom is -0.497 e. The van der Waals surface area contributed by atoms with E-state index in [4.69, 9.17) is 9.47 Å². The van der Waals surface area contributed by atoms with E-state index in [1.807, 2.05) is 0 Å². The van der Waals surface area contributed by atoms with Crippen molar-refractivity contribution in [2.24, 2.45) is 11.8 Å². The van der Waals surface area contributed by atoms with Crippen LogP contribution in [0.3, 0.4) is 0 Å². The summed E-state index contributed by atoms with van der Waals surface area (Å²) in [6.07, 6.45) is 2.96. The standard InChI is InChI=1S/C17H21NO5/c1-22-12-5-3-6-13(8-12)23-10-15(19)18-9-11-4-2-7-14(11)16(18)17(20)21/h3,5-6,8,11,14,16H,2,4,7,9-10H2,1H3,(H,20,21)/t11-,14+,16+/m0/s1. The van der Waals surface area contributed by atoms with E-state index < -0.39 is 12.0 Å². The SMILES string of the molecule is COc1cccc(OCC(=O)N2C[C@@H]3CCC[C@H]3[C@@H]2C(=O)O)c1. The second-order valence-corrected chi connectivity index (χ2v) is 6.15.